The van der Waals surface area contributed by atoms with E-state index >= 15 is 0 Å². The average molecular weight is 396 g/mol. The molecule has 1 atom stereocenters. The summed E-state index contributed by atoms with van der Waals surface area (Å²) in [6, 6.07) is 6.89. The number of nitrogens with one attached hydrogen (secondary N) is 1. The maximum absolute atomic E-state index is 12.4. The van der Waals surface area contributed by atoms with Crippen LogP contribution in [0.15, 0.2) is 28.7 Å². The molecule has 1 fully saturated rings. The highest BCUT2D eigenvalue weighted by Gasteiger charge is 2.33. The highest BCUT2D eigenvalue weighted by atomic mass is 79.9. The third-order valence-corrected chi connectivity index (χ3v) is 4.98. The molecule has 5 nitrogen and oxygen atoms in total. The Hall–Kier alpha value is -1.40. The molecule has 132 valence electrons. The maximum Gasteiger partial charge on any atom is 0.251 e. The number of benzene rings is 1. The van der Waals surface area contributed by atoms with Crippen LogP contribution in [0.25, 0.3) is 0 Å². The lowest BCUT2D eigenvalue weighted by molar-refractivity contribution is -0.136. The minimum absolute atomic E-state index is 0.000172. The van der Waals surface area contributed by atoms with Gasteiger partial charge in [-0.15, -0.1) is 0 Å². The number of hydrogen-bond donors (Lipinski definition) is 2. The van der Waals surface area contributed by atoms with Crippen LogP contribution in [-0.4, -0.2) is 41.9 Å². The quantitative estimate of drug-likeness (QED) is 0.825. The average Bonchev–Trinajstić information content (AvgIpc) is 2.54. The number of amides is 2. The molecule has 1 aromatic carbocycles. The lowest BCUT2D eigenvalue weighted by Gasteiger charge is -2.36. The molecule has 1 aromatic rings. The van der Waals surface area contributed by atoms with Gasteiger partial charge in [0.2, 0.25) is 5.91 Å². The fraction of sp³-hybridized carbons (Fsp3) is 0.556. The van der Waals surface area contributed by atoms with E-state index in [-0.39, 0.29) is 23.3 Å². The number of nitrogens with zero attached hydrogens (tertiary/aromatic N) is 1. The largest absolute Gasteiger partial charge is 0.349 e. The molecule has 6 heteroatoms. The number of nitrogens with two attached hydrogens (primary N) is 1. The van der Waals surface area contributed by atoms with E-state index in [2.05, 4.69) is 21.2 Å². The normalized spacial score (nSPS) is 17.5. The summed E-state index contributed by atoms with van der Waals surface area (Å²) in [4.78, 5) is 26.5. The minimum atomic E-state index is -0.494. The second kappa shape index (κ2) is 7.66. The van der Waals surface area contributed by atoms with E-state index in [0.29, 0.717) is 18.7 Å². The molecule has 0 unspecified atom stereocenters. The van der Waals surface area contributed by atoms with E-state index in [1.54, 1.807) is 12.1 Å². The van der Waals surface area contributed by atoms with Crippen molar-refractivity contribution in [1.82, 2.24) is 10.2 Å². The van der Waals surface area contributed by atoms with Crippen molar-refractivity contribution in [3.05, 3.63) is 34.3 Å². The van der Waals surface area contributed by atoms with Crippen molar-refractivity contribution < 1.29 is 9.59 Å². The zero-order valence-electron chi connectivity index (χ0n) is 14.5. The number of likely N-dealkylation sites (tertiary alicyclic amines) is 1. The molecule has 0 aromatic heterocycles. The zero-order chi connectivity index (χ0) is 17.9. The molecule has 2 rings (SSSR count). The van der Waals surface area contributed by atoms with Crippen LogP contribution in [0.3, 0.4) is 0 Å². The molecule has 1 heterocycles. The number of halogens is 1. The second-order valence-corrected chi connectivity index (χ2v) is 8.34. The first-order chi connectivity index (χ1) is 11.2. The van der Waals surface area contributed by atoms with Gasteiger partial charge in [-0.05, 0) is 42.5 Å². The smallest absolute Gasteiger partial charge is 0.251 e. The Morgan fingerprint density at radius 2 is 1.75 bits per heavy atom. The molecule has 3 N–H and O–H groups in total. The van der Waals surface area contributed by atoms with Crippen molar-refractivity contribution in [1.29, 1.82) is 0 Å². The van der Waals surface area contributed by atoms with Gasteiger partial charge in [0.1, 0.15) is 0 Å². The molecule has 1 saturated heterocycles. The third-order valence-electron chi connectivity index (χ3n) is 4.45. The molecular formula is C18H26BrN3O2. The van der Waals surface area contributed by atoms with Crippen molar-refractivity contribution in [2.75, 3.05) is 13.1 Å². The van der Waals surface area contributed by atoms with Crippen LogP contribution >= 0.6 is 15.9 Å². The Bertz CT molecular complexity index is 587. The van der Waals surface area contributed by atoms with Gasteiger partial charge in [0.25, 0.3) is 5.91 Å². The number of piperidine rings is 1. The third kappa shape index (κ3) is 4.80. The summed E-state index contributed by atoms with van der Waals surface area (Å²) in [5, 5.41) is 3.05. The van der Waals surface area contributed by atoms with Crippen LogP contribution in [0.1, 0.15) is 44.0 Å². The minimum Gasteiger partial charge on any atom is -0.349 e. The number of carbonyl (C=O) groups is 2. The summed E-state index contributed by atoms with van der Waals surface area (Å²) in [6.07, 6.45) is 1.51. The topological polar surface area (TPSA) is 75.4 Å². The SMILES string of the molecule is CC(C)(C)[C@H](N)C(=O)N1CCC(NC(=O)c2ccc(Br)cc2)CC1. The van der Waals surface area contributed by atoms with E-state index < -0.39 is 6.04 Å². The molecule has 0 radical (unpaired) electrons. The fourth-order valence-electron chi connectivity index (χ4n) is 2.68. The molecule has 24 heavy (non-hydrogen) atoms. The predicted molar refractivity (Wildman–Crippen MR) is 98.6 cm³/mol. The Morgan fingerprint density at radius 1 is 1.21 bits per heavy atom. The van der Waals surface area contributed by atoms with Crippen LogP contribution in [0, 0.1) is 5.41 Å². The monoisotopic (exact) mass is 395 g/mol. The van der Waals surface area contributed by atoms with Crippen LogP contribution in [-0.2, 0) is 4.79 Å². The van der Waals surface area contributed by atoms with Gasteiger partial charge in [-0.25, -0.2) is 0 Å². The first-order valence-corrected chi connectivity index (χ1v) is 9.08. The molecule has 0 spiro atoms. The molecule has 1 aliphatic rings. The molecule has 1 aliphatic heterocycles. The highest BCUT2D eigenvalue weighted by Crippen LogP contribution is 2.21. The van der Waals surface area contributed by atoms with Crippen LogP contribution in [0.2, 0.25) is 0 Å². The predicted octanol–water partition coefficient (Wildman–Crippen LogP) is 2.54. The van der Waals surface area contributed by atoms with Crippen molar-refractivity contribution in [3.8, 4) is 0 Å². The Labute approximate surface area is 152 Å². The fourth-order valence-corrected chi connectivity index (χ4v) is 2.95. The summed E-state index contributed by atoms with van der Waals surface area (Å²) < 4.78 is 0.945. The second-order valence-electron chi connectivity index (χ2n) is 7.42. The van der Waals surface area contributed by atoms with E-state index in [0.717, 1.165) is 17.3 Å². The van der Waals surface area contributed by atoms with Crippen LogP contribution < -0.4 is 11.1 Å². The number of carbonyl (C=O) groups excluding carboxylic acids is 2. The zero-order valence-corrected chi connectivity index (χ0v) is 16.1. The summed E-state index contributed by atoms with van der Waals surface area (Å²) >= 11 is 3.36. The molecule has 0 bridgehead atoms. The highest BCUT2D eigenvalue weighted by molar-refractivity contribution is 9.10. The van der Waals surface area contributed by atoms with Gasteiger partial charge in [-0.3, -0.25) is 9.59 Å². The van der Waals surface area contributed by atoms with Gasteiger partial charge in [-0.2, -0.15) is 0 Å². The van der Waals surface area contributed by atoms with Crippen LogP contribution in [0.4, 0.5) is 0 Å². The van der Waals surface area contributed by atoms with E-state index in [9.17, 15) is 9.59 Å². The van der Waals surface area contributed by atoms with E-state index in [1.807, 2.05) is 37.8 Å². The standard InChI is InChI=1S/C18H26BrN3O2/c1-18(2,3)15(20)17(24)22-10-8-14(9-11-22)21-16(23)12-4-6-13(19)7-5-12/h4-7,14-15H,8-11,20H2,1-3H3,(H,21,23)/t15-/m1/s1. The lowest BCUT2D eigenvalue weighted by Crippen LogP contribution is -2.54. The van der Waals surface area contributed by atoms with Gasteiger partial charge in [0.15, 0.2) is 0 Å². The lowest BCUT2D eigenvalue weighted by atomic mass is 9.86. The van der Waals surface area contributed by atoms with Crippen molar-refractivity contribution in [2.45, 2.75) is 45.7 Å². The molecular weight excluding hydrogens is 370 g/mol. The van der Waals surface area contributed by atoms with Crippen molar-refractivity contribution in [2.24, 2.45) is 11.1 Å². The van der Waals surface area contributed by atoms with E-state index in [4.69, 9.17) is 5.73 Å². The van der Waals surface area contributed by atoms with Gasteiger partial charge in [0.05, 0.1) is 6.04 Å². The van der Waals surface area contributed by atoms with Gasteiger partial charge in [0, 0.05) is 29.2 Å². The summed E-state index contributed by atoms with van der Waals surface area (Å²) in [7, 11) is 0. The van der Waals surface area contributed by atoms with Crippen molar-refractivity contribution in [3.63, 3.8) is 0 Å². The van der Waals surface area contributed by atoms with E-state index in [1.165, 1.54) is 0 Å². The number of hydrogen-bond acceptors (Lipinski definition) is 3. The van der Waals surface area contributed by atoms with Crippen molar-refractivity contribution >= 4 is 27.7 Å². The summed E-state index contributed by atoms with van der Waals surface area (Å²) in [6.45, 7) is 7.18. The Balaban J connectivity index is 1.85. The van der Waals surface area contributed by atoms with Gasteiger partial charge >= 0.3 is 0 Å². The maximum atomic E-state index is 12.4. The first kappa shape index (κ1) is 18.9. The molecule has 0 saturated carbocycles. The summed E-state index contributed by atoms with van der Waals surface area (Å²) in [5.41, 5.74) is 6.46. The first-order valence-electron chi connectivity index (χ1n) is 8.29. The van der Waals surface area contributed by atoms with Gasteiger partial charge in [-0.1, -0.05) is 36.7 Å². The Kier molecular flexibility index (Phi) is 6.04. The number of rotatable bonds is 3. The van der Waals surface area contributed by atoms with Crippen LogP contribution in [0.5, 0.6) is 0 Å². The van der Waals surface area contributed by atoms with Gasteiger partial charge < -0.3 is 16.0 Å². The molecule has 0 aliphatic carbocycles. The molecule has 2 amide bonds. The summed E-state index contributed by atoms with van der Waals surface area (Å²) in [5.74, 6) is -0.0705. The Morgan fingerprint density at radius 3 is 2.25 bits per heavy atom.